The Morgan fingerprint density at radius 2 is 1.63 bits per heavy atom. The lowest BCUT2D eigenvalue weighted by molar-refractivity contribution is -0.123. The second-order valence-corrected chi connectivity index (χ2v) is 6.69. The predicted octanol–water partition coefficient (Wildman–Crippen LogP) is 3.11. The Hall–Kier alpha value is -2.89. The van der Waals surface area contributed by atoms with E-state index in [4.69, 9.17) is 0 Å². The van der Waals surface area contributed by atoms with Crippen molar-refractivity contribution in [2.24, 2.45) is 0 Å². The van der Waals surface area contributed by atoms with E-state index in [0.717, 1.165) is 18.8 Å². The molecule has 3 rings (SSSR count). The molecule has 2 amide bonds. The molecule has 142 valence electrons. The van der Waals surface area contributed by atoms with Gasteiger partial charge in [-0.2, -0.15) is 0 Å². The predicted molar refractivity (Wildman–Crippen MR) is 104 cm³/mol. The number of benzene rings is 2. The van der Waals surface area contributed by atoms with Crippen molar-refractivity contribution in [1.29, 1.82) is 0 Å². The first-order valence-electron chi connectivity index (χ1n) is 9.27. The van der Waals surface area contributed by atoms with Crippen molar-refractivity contribution < 1.29 is 14.0 Å². The second-order valence-electron chi connectivity index (χ2n) is 6.69. The van der Waals surface area contributed by atoms with Crippen LogP contribution < -0.4 is 15.5 Å². The minimum absolute atomic E-state index is 0.0928. The van der Waals surface area contributed by atoms with Gasteiger partial charge in [-0.3, -0.25) is 9.59 Å². The smallest absolute Gasteiger partial charge is 0.243 e. The van der Waals surface area contributed by atoms with Crippen LogP contribution in [0.25, 0.3) is 0 Å². The van der Waals surface area contributed by atoms with E-state index in [0.29, 0.717) is 11.3 Å². The average molecular weight is 369 g/mol. The summed E-state index contributed by atoms with van der Waals surface area (Å²) < 4.78 is 13.5. The first-order valence-corrected chi connectivity index (χ1v) is 9.27. The summed E-state index contributed by atoms with van der Waals surface area (Å²) in [5.74, 6) is -1.14. The van der Waals surface area contributed by atoms with Gasteiger partial charge in [-0.15, -0.1) is 0 Å². The summed E-state index contributed by atoms with van der Waals surface area (Å²) in [5, 5.41) is 5.27. The minimum Gasteiger partial charge on any atom is -0.372 e. The molecule has 1 aliphatic rings. The highest BCUT2D eigenvalue weighted by molar-refractivity contribution is 5.94. The molecule has 1 saturated heterocycles. The summed E-state index contributed by atoms with van der Waals surface area (Å²) in [6, 6.07) is 13.8. The Balaban J connectivity index is 1.45. The molecule has 2 N–H and O–H groups in total. The van der Waals surface area contributed by atoms with Gasteiger partial charge in [0.05, 0.1) is 13.0 Å². The van der Waals surface area contributed by atoms with Crippen molar-refractivity contribution in [2.45, 2.75) is 25.7 Å². The number of hydrogen-bond donors (Lipinski definition) is 2. The van der Waals surface area contributed by atoms with Crippen molar-refractivity contribution in [1.82, 2.24) is 5.32 Å². The monoisotopic (exact) mass is 369 g/mol. The topological polar surface area (TPSA) is 61.4 Å². The molecule has 0 unspecified atom stereocenters. The van der Waals surface area contributed by atoms with Crippen molar-refractivity contribution in [2.75, 3.05) is 29.9 Å². The number of nitrogens with one attached hydrogen (secondary N) is 2. The molecule has 0 aliphatic carbocycles. The van der Waals surface area contributed by atoms with Crippen molar-refractivity contribution in [3.05, 3.63) is 59.9 Å². The van der Waals surface area contributed by atoms with Crippen LogP contribution in [0, 0.1) is 5.82 Å². The molecule has 27 heavy (non-hydrogen) atoms. The highest BCUT2D eigenvalue weighted by Gasteiger charge is 2.12. The zero-order valence-electron chi connectivity index (χ0n) is 15.2. The maximum absolute atomic E-state index is 13.5. The number of carbonyl (C=O) groups excluding carboxylic acids is 2. The van der Waals surface area contributed by atoms with E-state index in [1.807, 2.05) is 24.3 Å². The van der Waals surface area contributed by atoms with E-state index in [2.05, 4.69) is 15.5 Å². The number of rotatable bonds is 6. The van der Waals surface area contributed by atoms with Gasteiger partial charge in [-0.1, -0.05) is 18.2 Å². The van der Waals surface area contributed by atoms with Gasteiger partial charge in [0.15, 0.2) is 0 Å². The highest BCUT2D eigenvalue weighted by atomic mass is 19.1. The van der Waals surface area contributed by atoms with Gasteiger partial charge in [0.2, 0.25) is 11.8 Å². The van der Waals surface area contributed by atoms with Gasteiger partial charge in [-0.05, 0) is 55.2 Å². The summed E-state index contributed by atoms with van der Waals surface area (Å²) in [7, 11) is 0. The maximum Gasteiger partial charge on any atom is 0.243 e. The van der Waals surface area contributed by atoms with E-state index in [-0.39, 0.29) is 18.9 Å². The number of piperidine rings is 1. The molecule has 0 spiro atoms. The SMILES string of the molecule is O=C(Cc1ccccc1F)NCC(=O)Nc1ccc(N2CCCCC2)cc1. The van der Waals surface area contributed by atoms with Crippen LogP contribution in [-0.4, -0.2) is 31.4 Å². The number of halogens is 1. The van der Waals surface area contributed by atoms with Crippen molar-refractivity contribution >= 4 is 23.2 Å². The molecule has 6 heteroatoms. The number of carbonyl (C=O) groups is 2. The minimum atomic E-state index is -0.425. The molecule has 0 bridgehead atoms. The molecule has 0 atom stereocenters. The second kappa shape index (κ2) is 9.16. The number of hydrogen-bond acceptors (Lipinski definition) is 3. The largest absolute Gasteiger partial charge is 0.372 e. The summed E-state index contributed by atoms with van der Waals surface area (Å²) in [6.45, 7) is 1.99. The van der Waals surface area contributed by atoms with Crippen LogP contribution in [0.5, 0.6) is 0 Å². The highest BCUT2D eigenvalue weighted by Crippen LogP contribution is 2.21. The molecule has 0 aromatic heterocycles. The molecule has 0 saturated carbocycles. The standard InChI is InChI=1S/C21H24FN3O2/c22-19-7-3-2-6-16(19)14-20(26)23-15-21(27)24-17-8-10-18(11-9-17)25-12-4-1-5-13-25/h2-3,6-11H,1,4-5,12-15H2,(H,23,26)(H,24,27). The first kappa shape index (κ1) is 18.9. The van der Waals surface area contributed by atoms with Gasteiger partial charge >= 0.3 is 0 Å². The first-order chi connectivity index (χ1) is 13.1. The molecule has 2 aromatic rings. The van der Waals surface area contributed by atoms with Crippen LogP contribution in [0.15, 0.2) is 48.5 Å². The normalized spacial score (nSPS) is 13.9. The molecule has 1 aliphatic heterocycles. The Morgan fingerprint density at radius 3 is 2.33 bits per heavy atom. The number of amides is 2. The number of nitrogens with zero attached hydrogens (tertiary/aromatic N) is 1. The molecule has 0 radical (unpaired) electrons. The van der Waals surface area contributed by atoms with Gasteiger partial charge in [-0.25, -0.2) is 4.39 Å². The summed E-state index contributed by atoms with van der Waals surface area (Å²) in [4.78, 5) is 26.2. The molecular formula is C21H24FN3O2. The van der Waals surface area contributed by atoms with Crippen LogP contribution in [-0.2, 0) is 16.0 Å². The van der Waals surface area contributed by atoms with E-state index < -0.39 is 11.7 Å². The number of anilines is 2. The van der Waals surface area contributed by atoms with Crippen LogP contribution in [0.4, 0.5) is 15.8 Å². The maximum atomic E-state index is 13.5. The zero-order chi connectivity index (χ0) is 19.1. The average Bonchev–Trinajstić information content (AvgIpc) is 2.69. The Bertz CT molecular complexity index is 786. The van der Waals surface area contributed by atoms with Gasteiger partial charge in [0, 0.05) is 24.5 Å². The molecular weight excluding hydrogens is 345 g/mol. The van der Waals surface area contributed by atoms with Crippen LogP contribution >= 0.6 is 0 Å². The third kappa shape index (κ3) is 5.54. The lowest BCUT2D eigenvalue weighted by Gasteiger charge is -2.28. The van der Waals surface area contributed by atoms with E-state index in [1.54, 1.807) is 18.2 Å². The van der Waals surface area contributed by atoms with E-state index in [9.17, 15) is 14.0 Å². The van der Waals surface area contributed by atoms with Crippen LogP contribution in [0.3, 0.4) is 0 Å². The fourth-order valence-corrected chi connectivity index (χ4v) is 3.17. The lowest BCUT2D eigenvalue weighted by Crippen LogP contribution is -2.34. The van der Waals surface area contributed by atoms with E-state index in [1.165, 1.54) is 25.3 Å². The fourth-order valence-electron chi connectivity index (χ4n) is 3.17. The van der Waals surface area contributed by atoms with Gasteiger partial charge in [0.1, 0.15) is 5.82 Å². The lowest BCUT2D eigenvalue weighted by atomic mass is 10.1. The zero-order valence-corrected chi connectivity index (χ0v) is 15.2. The molecule has 2 aromatic carbocycles. The third-order valence-electron chi connectivity index (χ3n) is 4.63. The van der Waals surface area contributed by atoms with Crippen molar-refractivity contribution in [3.63, 3.8) is 0 Å². The Labute approximate surface area is 158 Å². The van der Waals surface area contributed by atoms with Crippen LogP contribution in [0.2, 0.25) is 0 Å². The summed E-state index contributed by atoms with van der Waals surface area (Å²) in [6.07, 6.45) is 3.62. The Kier molecular flexibility index (Phi) is 6.41. The van der Waals surface area contributed by atoms with E-state index >= 15 is 0 Å². The quantitative estimate of drug-likeness (QED) is 0.822. The fraction of sp³-hybridized carbons (Fsp3) is 0.333. The summed E-state index contributed by atoms with van der Waals surface area (Å²) >= 11 is 0. The van der Waals surface area contributed by atoms with Gasteiger partial charge < -0.3 is 15.5 Å². The molecule has 5 nitrogen and oxygen atoms in total. The Morgan fingerprint density at radius 1 is 0.926 bits per heavy atom. The van der Waals surface area contributed by atoms with Crippen LogP contribution in [0.1, 0.15) is 24.8 Å². The summed E-state index contributed by atoms with van der Waals surface area (Å²) in [5.41, 5.74) is 2.15. The third-order valence-corrected chi connectivity index (χ3v) is 4.63. The molecule has 1 heterocycles. The van der Waals surface area contributed by atoms with Crippen molar-refractivity contribution in [3.8, 4) is 0 Å². The van der Waals surface area contributed by atoms with Gasteiger partial charge in [0.25, 0.3) is 0 Å². The molecule has 1 fully saturated rings.